The zero-order chi connectivity index (χ0) is 9.45. The summed E-state index contributed by atoms with van der Waals surface area (Å²) < 4.78 is 10.8. The van der Waals surface area contributed by atoms with Gasteiger partial charge >= 0.3 is 98.7 Å². The molecule has 1 unspecified atom stereocenters. The van der Waals surface area contributed by atoms with E-state index in [-0.39, 0.29) is 0 Å². The van der Waals surface area contributed by atoms with Crippen LogP contribution in [0.1, 0.15) is 26.7 Å². The summed E-state index contributed by atoms with van der Waals surface area (Å²) in [6.07, 6.45) is 2.12. The summed E-state index contributed by atoms with van der Waals surface area (Å²) in [5.41, 5.74) is -1.96. The second-order valence-electron chi connectivity index (χ2n) is 2.20. The fourth-order valence-electron chi connectivity index (χ4n) is 0.491. The molecule has 0 aliphatic heterocycles. The quantitative estimate of drug-likeness (QED) is 0.526. The molecule has 0 fully saturated rings. The molecule has 0 spiro atoms. The SMILES string of the molecule is CCCOP(=S)([O][Sb])SCCC. The van der Waals surface area contributed by atoms with Gasteiger partial charge in [-0.25, -0.2) is 0 Å². The van der Waals surface area contributed by atoms with Gasteiger partial charge in [-0.15, -0.1) is 0 Å². The standard InChI is InChI=1S/C6H15O2PS2.Sb/c1-3-5-8-9(7,10)11-6-4-2;/h3-6H2,1-2H3,(H,7,10);/q;+1/p-1. The molecule has 0 heterocycles. The van der Waals surface area contributed by atoms with Crippen molar-refractivity contribution in [1.82, 2.24) is 0 Å². The molecule has 2 radical (unpaired) electrons. The maximum absolute atomic E-state index is 5.51. The average Bonchev–Trinajstić information content (AvgIpc) is 2.11. The molecule has 0 amide bonds. The van der Waals surface area contributed by atoms with Gasteiger partial charge in [0.25, 0.3) is 0 Å². The number of rotatable bonds is 7. The van der Waals surface area contributed by atoms with E-state index in [1.54, 1.807) is 11.4 Å². The molecule has 1 atom stereocenters. The average molecular weight is 335 g/mol. The Morgan fingerprint density at radius 3 is 2.50 bits per heavy atom. The van der Waals surface area contributed by atoms with Gasteiger partial charge in [-0.05, 0) is 0 Å². The fraction of sp³-hybridized carbons (Fsp3) is 1.00. The summed E-state index contributed by atoms with van der Waals surface area (Å²) in [4.78, 5) is 0. The zero-order valence-corrected chi connectivity index (χ0v) is 12.4. The van der Waals surface area contributed by atoms with E-state index in [0.29, 0.717) is 0 Å². The van der Waals surface area contributed by atoms with Crippen molar-refractivity contribution in [3.8, 4) is 0 Å². The molecular formula is C6H14O2PS2Sb. The van der Waals surface area contributed by atoms with E-state index < -0.39 is 5.69 Å². The Balaban J connectivity index is 3.79. The maximum atomic E-state index is 5.51. The molecule has 0 bridgehead atoms. The molecule has 0 aromatic rings. The first-order chi connectivity index (χ1) is 5.68. The van der Waals surface area contributed by atoms with Crippen LogP contribution in [0.5, 0.6) is 0 Å². The molecule has 2 nitrogen and oxygen atoms in total. The molecule has 0 aromatic heterocycles. The Kier molecular flexibility index (Phi) is 9.25. The topological polar surface area (TPSA) is 18.5 Å². The Morgan fingerprint density at radius 1 is 1.42 bits per heavy atom. The molecule has 0 rings (SSSR count). The number of hydrogen-bond acceptors (Lipinski definition) is 4. The van der Waals surface area contributed by atoms with Crippen LogP contribution in [0.2, 0.25) is 0 Å². The minimum absolute atomic E-state index is 0.718. The van der Waals surface area contributed by atoms with E-state index in [2.05, 4.69) is 13.8 Å². The molecule has 72 valence electrons. The predicted molar refractivity (Wildman–Crippen MR) is 60.1 cm³/mol. The van der Waals surface area contributed by atoms with Crippen LogP contribution in [0.25, 0.3) is 0 Å². The van der Waals surface area contributed by atoms with Crippen LogP contribution in [0.4, 0.5) is 0 Å². The van der Waals surface area contributed by atoms with Crippen LogP contribution < -0.4 is 0 Å². The first-order valence-corrected chi connectivity index (χ1v) is 9.18. The third-order valence-electron chi connectivity index (χ3n) is 1.01. The van der Waals surface area contributed by atoms with Crippen LogP contribution in [0.15, 0.2) is 0 Å². The van der Waals surface area contributed by atoms with Gasteiger partial charge in [-0.3, -0.25) is 0 Å². The third-order valence-corrected chi connectivity index (χ3v) is 10.1. The van der Waals surface area contributed by atoms with Gasteiger partial charge in [-0.1, -0.05) is 0 Å². The first kappa shape index (κ1) is 13.7. The molecule has 12 heavy (non-hydrogen) atoms. The van der Waals surface area contributed by atoms with Crippen molar-refractivity contribution < 1.29 is 7.33 Å². The monoisotopic (exact) mass is 334 g/mol. The summed E-state index contributed by atoms with van der Waals surface area (Å²) in [7, 11) is 0. The van der Waals surface area contributed by atoms with Crippen LogP contribution in [0.3, 0.4) is 0 Å². The van der Waals surface area contributed by atoms with E-state index in [1.165, 1.54) is 23.4 Å². The van der Waals surface area contributed by atoms with E-state index >= 15 is 0 Å². The van der Waals surface area contributed by atoms with Gasteiger partial charge in [0, 0.05) is 0 Å². The van der Waals surface area contributed by atoms with Gasteiger partial charge < -0.3 is 0 Å². The van der Waals surface area contributed by atoms with Crippen LogP contribution >= 0.6 is 17.1 Å². The van der Waals surface area contributed by atoms with E-state index in [9.17, 15) is 0 Å². The van der Waals surface area contributed by atoms with Crippen molar-refractivity contribution in [1.29, 1.82) is 0 Å². The molecule has 6 heteroatoms. The first-order valence-electron chi connectivity index (χ1n) is 3.90. The van der Waals surface area contributed by atoms with Crippen LogP contribution in [0, 0.1) is 0 Å². The summed E-state index contributed by atoms with van der Waals surface area (Å²) in [5, 5.41) is 0. The predicted octanol–water partition coefficient (Wildman–Crippen LogP) is 2.88. The van der Waals surface area contributed by atoms with Crippen molar-refractivity contribution in [2.24, 2.45) is 0 Å². The molecule has 0 N–H and O–H groups in total. The van der Waals surface area contributed by atoms with Crippen molar-refractivity contribution >= 4 is 52.3 Å². The molecular weight excluding hydrogens is 321 g/mol. The normalized spacial score (nSPS) is 15.9. The number of hydrogen-bond donors (Lipinski definition) is 0. The Labute approximate surface area is 98.1 Å². The van der Waals surface area contributed by atoms with Crippen molar-refractivity contribution in [2.75, 3.05) is 12.4 Å². The van der Waals surface area contributed by atoms with E-state index in [1.807, 2.05) is 0 Å². The molecule has 0 aliphatic rings. The summed E-state index contributed by atoms with van der Waals surface area (Å²) >= 11 is 8.23. The molecule has 0 aromatic carbocycles. The second-order valence-corrected chi connectivity index (χ2v) is 9.93. The minimum atomic E-state index is -1.96. The summed E-state index contributed by atoms with van der Waals surface area (Å²) in [6, 6.07) is 0. The van der Waals surface area contributed by atoms with E-state index in [0.717, 1.165) is 25.2 Å². The molecule has 0 saturated heterocycles. The van der Waals surface area contributed by atoms with Crippen molar-refractivity contribution in [3.63, 3.8) is 0 Å². The second kappa shape index (κ2) is 8.08. The Hall–Kier alpha value is 1.74. The summed E-state index contributed by atoms with van der Waals surface area (Å²) in [5.74, 6) is 1.03. The Bertz CT molecular complexity index is 144. The third kappa shape index (κ3) is 6.23. The van der Waals surface area contributed by atoms with Gasteiger partial charge in [0.1, 0.15) is 0 Å². The van der Waals surface area contributed by atoms with Crippen molar-refractivity contribution in [3.05, 3.63) is 0 Å². The van der Waals surface area contributed by atoms with Crippen LogP contribution in [-0.2, 0) is 19.1 Å². The van der Waals surface area contributed by atoms with Gasteiger partial charge in [0.2, 0.25) is 0 Å². The van der Waals surface area contributed by atoms with Gasteiger partial charge in [-0.2, -0.15) is 0 Å². The Morgan fingerprint density at radius 2 is 2.08 bits per heavy atom. The van der Waals surface area contributed by atoms with Gasteiger partial charge in [0.05, 0.1) is 0 Å². The fourth-order valence-corrected chi connectivity index (χ4v) is 5.79. The van der Waals surface area contributed by atoms with E-state index in [4.69, 9.17) is 19.1 Å². The van der Waals surface area contributed by atoms with Crippen LogP contribution in [-0.4, -0.2) is 35.8 Å². The molecule has 0 aliphatic carbocycles. The summed E-state index contributed by atoms with van der Waals surface area (Å²) in [6.45, 7) is 4.92. The van der Waals surface area contributed by atoms with Gasteiger partial charge in [0.15, 0.2) is 0 Å². The zero-order valence-electron chi connectivity index (χ0n) is 7.36. The molecule has 0 saturated carbocycles. The van der Waals surface area contributed by atoms with Crippen molar-refractivity contribution in [2.45, 2.75) is 26.7 Å².